The zero-order chi connectivity index (χ0) is 8.86. The molecule has 0 spiro atoms. The Hall–Kier alpha value is -0.300. The molecule has 0 bridgehead atoms. The first kappa shape index (κ1) is 9.79. The monoisotopic (exact) mass is 167 g/mol. The number of hydrogen-bond donors (Lipinski definition) is 1. The summed E-state index contributed by atoms with van der Waals surface area (Å²) in [6.07, 6.45) is 9.92. The molecule has 0 saturated heterocycles. The predicted octanol–water partition coefficient (Wildman–Crippen LogP) is 2.87. The van der Waals surface area contributed by atoms with Gasteiger partial charge in [-0.1, -0.05) is 18.9 Å². The van der Waals surface area contributed by atoms with Crippen molar-refractivity contribution >= 4 is 0 Å². The van der Waals surface area contributed by atoms with E-state index in [2.05, 4.69) is 18.8 Å². The predicted molar refractivity (Wildman–Crippen MR) is 54.3 cm³/mol. The lowest BCUT2D eigenvalue weighted by Crippen LogP contribution is -2.39. The maximum Gasteiger partial charge on any atom is 0.0153 e. The van der Waals surface area contributed by atoms with Crippen LogP contribution in [0.1, 0.15) is 45.4 Å². The van der Waals surface area contributed by atoms with Gasteiger partial charge in [0.25, 0.3) is 0 Å². The Morgan fingerprint density at radius 1 is 1.42 bits per heavy atom. The van der Waals surface area contributed by atoms with Gasteiger partial charge in [-0.25, -0.2) is 0 Å². The molecule has 0 heterocycles. The Morgan fingerprint density at radius 2 is 2.08 bits per heavy atom. The van der Waals surface area contributed by atoms with E-state index in [-0.39, 0.29) is 0 Å². The third kappa shape index (κ3) is 2.98. The fraction of sp³-hybridized carbons (Fsp3) is 0.818. The van der Waals surface area contributed by atoms with Crippen molar-refractivity contribution in [2.75, 3.05) is 6.54 Å². The van der Waals surface area contributed by atoms with Crippen LogP contribution in [-0.2, 0) is 0 Å². The fourth-order valence-electron chi connectivity index (χ4n) is 1.97. The van der Waals surface area contributed by atoms with E-state index < -0.39 is 0 Å². The van der Waals surface area contributed by atoms with Crippen LogP contribution in [-0.4, -0.2) is 12.1 Å². The molecule has 0 amide bonds. The van der Waals surface area contributed by atoms with Crippen LogP contribution in [0.3, 0.4) is 0 Å². The normalized spacial score (nSPS) is 21.1. The second kappa shape index (κ2) is 4.66. The van der Waals surface area contributed by atoms with E-state index in [0.29, 0.717) is 5.54 Å². The summed E-state index contributed by atoms with van der Waals surface area (Å²) in [6, 6.07) is 0. The molecule has 1 heteroatoms. The molecular weight excluding hydrogens is 146 g/mol. The van der Waals surface area contributed by atoms with E-state index in [0.717, 1.165) is 13.0 Å². The first-order chi connectivity index (χ1) is 5.77. The standard InChI is InChI=1S/C11H21N/c1-3-4-7-10-12-11(2)8-5-6-9-11/h3,12H,1,4-10H2,2H3. The maximum absolute atomic E-state index is 3.72. The Morgan fingerprint density at radius 3 is 2.67 bits per heavy atom. The van der Waals surface area contributed by atoms with Crippen molar-refractivity contribution in [3.63, 3.8) is 0 Å². The Bertz CT molecular complexity index is 134. The lowest BCUT2D eigenvalue weighted by molar-refractivity contribution is 0.363. The fourth-order valence-corrected chi connectivity index (χ4v) is 1.97. The molecule has 1 aliphatic rings. The van der Waals surface area contributed by atoms with Crippen molar-refractivity contribution in [2.24, 2.45) is 0 Å². The highest BCUT2D eigenvalue weighted by molar-refractivity contribution is 4.88. The summed E-state index contributed by atoms with van der Waals surface area (Å²) in [7, 11) is 0. The van der Waals surface area contributed by atoms with E-state index >= 15 is 0 Å². The van der Waals surface area contributed by atoms with Crippen LogP contribution in [0.5, 0.6) is 0 Å². The summed E-state index contributed by atoms with van der Waals surface area (Å²) >= 11 is 0. The summed E-state index contributed by atoms with van der Waals surface area (Å²) < 4.78 is 0. The molecule has 0 aromatic carbocycles. The molecule has 1 rings (SSSR count). The van der Waals surface area contributed by atoms with Gasteiger partial charge in [0.05, 0.1) is 0 Å². The molecule has 1 N–H and O–H groups in total. The largest absolute Gasteiger partial charge is 0.312 e. The molecule has 1 aliphatic carbocycles. The quantitative estimate of drug-likeness (QED) is 0.490. The number of nitrogens with one attached hydrogen (secondary N) is 1. The van der Waals surface area contributed by atoms with Gasteiger partial charge in [-0.15, -0.1) is 6.58 Å². The van der Waals surface area contributed by atoms with E-state index in [1.807, 2.05) is 6.08 Å². The molecule has 0 aromatic rings. The van der Waals surface area contributed by atoms with Gasteiger partial charge < -0.3 is 5.32 Å². The molecule has 0 aromatic heterocycles. The smallest absolute Gasteiger partial charge is 0.0153 e. The first-order valence-electron chi connectivity index (χ1n) is 5.13. The minimum absolute atomic E-state index is 0.459. The van der Waals surface area contributed by atoms with Crippen LogP contribution in [0.2, 0.25) is 0 Å². The zero-order valence-corrected chi connectivity index (χ0v) is 8.23. The highest BCUT2D eigenvalue weighted by Crippen LogP contribution is 2.28. The molecule has 12 heavy (non-hydrogen) atoms. The highest BCUT2D eigenvalue weighted by Gasteiger charge is 2.26. The second-order valence-corrected chi connectivity index (χ2v) is 4.13. The lowest BCUT2D eigenvalue weighted by atomic mass is 10.0. The van der Waals surface area contributed by atoms with Gasteiger partial charge in [-0.2, -0.15) is 0 Å². The van der Waals surface area contributed by atoms with Gasteiger partial charge in [0.1, 0.15) is 0 Å². The topological polar surface area (TPSA) is 12.0 Å². The molecule has 0 aliphatic heterocycles. The van der Waals surface area contributed by atoms with Gasteiger partial charge in [-0.05, 0) is 39.2 Å². The minimum Gasteiger partial charge on any atom is -0.312 e. The van der Waals surface area contributed by atoms with Crippen molar-refractivity contribution in [3.8, 4) is 0 Å². The van der Waals surface area contributed by atoms with Crippen LogP contribution in [0.4, 0.5) is 0 Å². The molecule has 0 atom stereocenters. The number of allylic oxidation sites excluding steroid dienone is 1. The van der Waals surface area contributed by atoms with Gasteiger partial charge in [0.2, 0.25) is 0 Å². The van der Waals surface area contributed by atoms with E-state index in [9.17, 15) is 0 Å². The summed E-state index contributed by atoms with van der Waals surface area (Å²) in [5.41, 5.74) is 0.459. The van der Waals surface area contributed by atoms with Crippen molar-refractivity contribution in [1.29, 1.82) is 0 Å². The SMILES string of the molecule is C=CCCCNC1(C)CCCC1. The highest BCUT2D eigenvalue weighted by atomic mass is 15.0. The first-order valence-corrected chi connectivity index (χ1v) is 5.13. The van der Waals surface area contributed by atoms with Gasteiger partial charge >= 0.3 is 0 Å². The van der Waals surface area contributed by atoms with Crippen LogP contribution < -0.4 is 5.32 Å². The molecule has 0 radical (unpaired) electrons. The van der Waals surface area contributed by atoms with Crippen LogP contribution in [0.15, 0.2) is 12.7 Å². The third-order valence-electron chi connectivity index (χ3n) is 2.84. The minimum atomic E-state index is 0.459. The molecule has 1 saturated carbocycles. The summed E-state index contributed by atoms with van der Waals surface area (Å²) in [4.78, 5) is 0. The molecule has 1 nitrogen and oxygen atoms in total. The Labute approximate surface area is 76.2 Å². The van der Waals surface area contributed by atoms with Gasteiger partial charge in [-0.3, -0.25) is 0 Å². The van der Waals surface area contributed by atoms with Gasteiger partial charge in [0.15, 0.2) is 0 Å². The van der Waals surface area contributed by atoms with E-state index in [1.165, 1.54) is 32.1 Å². The van der Waals surface area contributed by atoms with E-state index in [4.69, 9.17) is 0 Å². The van der Waals surface area contributed by atoms with Crippen molar-refractivity contribution in [3.05, 3.63) is 12.7 Å². The molecule has 0 unspecified atom stereocenters. The van der Waals surface area contributed by atoms with Gasteiger partial charge in [0, 0.05) is 5.54 Å². The Balaban J connectivity index is 2.08. The summed E-state index contributed by atoms with van der Waals surface area (Å²) in [5.74, 6) is 0. The van der Waals surface area contributed by atoms with Crippen LogP contribution in [0.25, 0.3) is 0 Å². The van der Waals surface area contributed by atoms with Crippen molar-refractivity contribution in [2.45, 2.75) is 51.0 Å². The molecule has 70 valence electrons. The lowest BCUT2D eigenvalue weighted by Gasteiger charge is -2.25. The average molecular weight is 167 g/mol. The number of rotatable bonds is 5. The maximum atomic E-state index is 3.72. The number of hydrogen-bond acceptors (Lipinski definition) is 1. The van der Waals surface area contributed by atoms with Crippen molar-refractivity contribution < 1.29 is 0 Å². The van der Waals surface area contributed by atoms with Crippen LogP contribution >= 0.6 is 0 Å². The van der Waals surface area contributed by atoms with E-state index in [1.54, 1.807) is 0 Å². The van der Waals surface area contributed by atoms with Crippen molar-refractivity contribution in [1.82, 2.24) is 5.32 Å². The Kier molecular flexibility index (Phi) is 3.80. The molecule has 1 fully saturated rings. The summed E-state index contributed by atoms with van der Waals surface area (Å²) in [6.45, 7) is 7.23. The average Bonchev–Trinajstić information content (AvgIpc) is 2.47. The molecular formula is C11H21N. The summed E-state index contributed by atoms with van der Waals surface area (Å²) in [5, 5.41) is 3.64. The second-order valence-electron chi connectivity index (χ2n) is 4.13. The number of unbranched alkanes of at least 4 members (excludes halogenated alkanes) is 1. The third-order valence-corrected chi connectivity index (χ3v) is 2.84. The van der Waals surface area contributed by atoms with Crippen LogP contribution in [0, 0.1) is 0 Å². The zero-order valence-electron chi connectivity index (χ0n) is 8.23.